The predicted molar refractivity (Wildman–Crippen MR) is 169 cm³/mol. The lowest BCUT2D eigenvalue weighted by atomic mass is 9.70. The van der Waals surface area contributed by atoms with Crippen molar-refractivity contribution < 1.29 is 0 Å². The molecule has 0 bridgehead atoms. The van der Waals surface area contributed by atoms with Gasteiger partial charge in [0.05, 0.1) is 16.6 Å². The molecular formula is C40H25N. The van der Waals surface area contributed by atoms with Crippen LogP contribution >= 0.6 is 0 Å². The van der Waals surface area contributed by atoms with Gasteiger partial charge in [-0.2, -0.15) is 0 Å². The molecule has 1 nitrogen and oxygen atoms in total. The second-order valence-electron chi connectivity index (χ2n) is 11.1. The molecule has 7 aromatic rings. The third kappa shape index (κ3) is 2.93. The van der Waals surface area contributed by atoms with E-state index in [1.54, 1.807) is 0 Å². The van der Waals surface area contributed by atoms with Gasteiger partial charge in [0.2, 0.25) is 0 Å². The summed E-state index contributed by atoms with van der Waals surface area (Å²) in [5, 5.41) is 1.17. The molecule has 2 aliphatic carbocycles. The summed E-state index contributed by atoms with van der Waals surface area (Å²) >= 11 is 0. The predicted octanol–water partition coefficient (Wildman–Crippen LogP) is 9.91. The molecular weight excluding hydrogens is 494 g/mol. The number of hydrogen-bond donors (Lipinski definition) is 0. The molecule has 41 heavy (non-hydrogen) atoms. The zero-order chi connectivity index (χ0) is 27.0. The van der Waals surface area contributed by atoms with Crippen LogP contribution in [0.1, 0.15) is 22.3 Å². The molecule has 1 heterocycles. The Hall–Kier alpha value is -5.27. The van der Waals surface area contributed by atoms with Crippen LogP contribution in [0.25, 0.3) is 55.5 Å². The standard InChI is InChI=1S/C40H25N/c1-2-13-26(14-3-1)32-25-38(41-37-24-11-7-17-29(32)37)31-19-12-23-36-39(31)30-18-6-10-22-35(30)40(36)33-20-8-4-15-27(33)28-16-5-9-21-34(28)40/h1-25H. The van der Waals surface area contributed by atoms with Crippen molar-refractivity contribution in [1.82, 2.24) is 4.98 Å². The third-order valence-electron chi connectivity index (χ3n) is 9.10. The highest BCUT2D eigenvalue weighted by Crippen LogP contribution is 2.63. The number of rotatable bonds is 2. The van der Waals surface area contributed by atoms with Crippen LogP contribution in [-0.4, -0.2) is 4.98 Å². The van der Waals surface area contributed by atoms with Crippen LogP contribution in [0, 0.1) is 0 Å². The first-order valence-electron chi connectivity index (χ1n) is 14.2. The van der Waals surface area contributed by atoms with Gasteiger partial charge in [0.1, 0.15) is 0 Å². The van der Waals surface area contributed by atoms with E-state index in [-0.39, 0.29) is 5.41 Å². The summed E-state index contributed by atoms with van der Waals surface area (Å²) in [6.45, 7) is 0. The van der Waals surface area contributed by atoms with Crippen molar-refractivity contribution in [2.45, 2.75) is 5.41 Å². The maximum absolute atomic E-state index is 5.29. The smallest absolute Gasteiger partial charge is 0.0725 e. The maximum Gasteiger partial charge on any atom is 0.0725 e. The van der Waals surface area contributed by atoms with Crippen molar-refractivity contribution in [3.8, 4) is 44.6 Å². The monoisotopic (exact) mass is 519 g/mol. The van der Waals surface area contributed by atoms with Gasteiger partial charge in [0.25, 0.3) is 0 Å². The zero-order valence-corrected chi connectivity index (χ0v) is 22.4. The first kappa shape index (κ1) is 22.5. The van der Waals surface area contributed by atoms with Gasteiger partial charge in [0.15, 0.2) is 0 Å². The Morgan fingerprint density at radius 3 is 1.66 bits per heavy atom. The molecule has 0 amide bonds. The van der Waals surface area contributed by atoms with Crippen LogP contribution in [-0.2, 0) is 5.41 Å². The Labute approximate surface area is 239 Å². The number of pyridine rings is 1. The fourth-order valence-electron chi connectivity index (χ4n) is 7.53. The molecule has 6 aromatic carbocycles. The Kier molecular flexibility index (Phi) is 4.60. The van der Waals surface area contributed by atoms with Crippen LogP contribution in [0.15, 0.2) is 152 Å². The first-order chi connectivity index (χ1) is 20.4. The minimum atomic E-state index is -0.353. The molecule has 0 N–H and O–H groups in total. The lowest BCUT2D eigenvalue weighted by Crippen LogP contribution is -2.25. The Bertz CT molecular complexity index is 2110. The summed E-state index contributed by atoms with van der Waals surface area (Å²) in [6, 6.07) is 55.2. The van der Waals surface area contributed by atoms with Crippen LogP contribution in [0.4, 0.5) is 0 Å². The van der Waals surface area contributed by atoms with Crippen molar-refractivity contribution in [1.29, 1.82) is 0 Å². The molecule has 0 fully saturated rings. The number of nitrogens with zero attached hydrogens (tertiary/aromatic N) is 1. The molecule has 0 saturated carbocycles. The van der Waals surface area contributed by atoms with Crippen molar-refractivity contribution in [3.05, 3.63) is 174 Å². The first-order valence-corrected chi connectivity index (χ1v) is 14.2. The normalized spacial score (nSPS) is 13.6. The number of hydrogen-bond acceptors (Lipinski definition) is 1. The second kappa shape index (κ2) is 8.36. The third-order valence-corrected chi connectivity index (χ3v) is 9.10. The Morgan fingerprint density at radius 2 is 0.927 bits per heavy atom. The summed E-state index contributed by atoms with van der Waals surface area (Å²) < 4.78 is 0. The molecule has 9 rings (SSSR count). The van der Waals surface area contributed by atoms with E-state index >= 15 is 0 Å². The summed E-state index contributed by atoms with van der Waals surface area (Å²) in [7, 11) is 0. The molecule has 0 radical (unpaired) electrons. The number of fused-ring (bicyclic) bond motifs is 11. The van der Waals surface area contributed by atoms with E-state index in [9.17, 15) is 0 Å². The molecule has 1 aromatic heterocycles. The fourth-order valence-corrected chi connectivity index (χ4v) is 7.53. The topological polar surface area (TPSA) is 12.9 Å². The van der Waals surface area contributed by atoms with Crippen LogP contribution in [0.3, 0.4) is 0 Å². The van der Waals surface area contributed by atoms with Gasteiger partial charge in [-0.25, -0.2) is 4.98 Å². The van der Waals surface area contributed by atoms with Gasteiger partial charge >= 0.3 is 0 Å². The molecule has 0 saturated heterocycles. The van der Waals surface area contributed by atoms with Gasteiger partial charge in [-0.1, -0.05) is 140 Å². The van der Waals surface area contributed by atoms with Gasteiger partial charge < -0.3 is 0 Å². The molecule has 0 aliphatic heterocycles. The zero-order valence-electron chi connectivity index (χ0n) is 22.4. The van der Waals surface area contributed by atoms with Gasteiger partial charge in [-0.05, 0) is 67.8 Å². The minimum Gasteiger partial charge on any atom is -0.248 e. The number of benzene rings is 6. The maximum atomic E-state index is 5.29. The second-order valence-corrected chi connectivity index (χ2v) is 11.1. The van der Waals surface area contributed by atoms with E-state index in [0.29, 0.717) is 0 Å². The van der Waals surface area contributed by atoms with E-state index in [0.717, 1.165) is 11.2 Å². The largest absolute Gasteiger partial charge is 0.248 e. The van der Waals surface area contributed by atoms with E-state index in [4.69, 9.17) is 4.98 Å². The SMILES string of the molecule is c1ccc(-c2cc(-c3cccc4c3-c3ccccc3C43c4ccccc4-c4ccccc43)nc3ccccc23)cc1. The van der Waals surface area contributed by atoms with Gasteiger partial charge in [-0.3, -0.25) is 0 Å². The molecule has 2 aliphatic rings. The van der Waals surface area contributed by atoms with Crippen molar-refractivity contribution >= 4 is 10.9 Å². The summed E-state index contributed by atoms with van der Waals surface area (Å²) in [4.78, 5) is 5.29. The molecule has 1 spiro atoms. The highest BCUT2D eigenvalue weighted by Gasteiger charge is 2.51. The minimum absolute atomic E-state index is 0.353. The van der Waals surface area contributed by atoms with E-state index < -0.39 is 0 Å². The lowest BCUT2D eigenvalue weighted by molar-refractivity contribution is 0.794. The molecule has 0 atom stereocenters. The van der Waals surface area contributed by atoms with E-state index in [1.807, 2.05) is 0 Å². The Balaban J connectivity index is 1.39. The summed E-state index contributed by atoms with van der Waals surface area (Å²) in [6.07, 6.45) is 0. The number of para-hydroxylation sites is 1. The van der Waals surface area contributed by atoms with Gasteiger partial charge in [0, 0.05) is 10.9 Å². The number of aromatic nitrogens is 1. The average Bonchev–Trinajstić information content (AvgIpc) is 3.52. The summed E-state index contributed by atoms with van der Waals surface area (Å²) in [5.41, 5.74) is 15.9. The van der Waals surface area contributed by atoms with Crippen molar-refractivity contribution in [2.24, 2.45) is 0 Å². The van der Waals surface area contributed by atoms with Crippen LogP contribution < -0.4 is 0 Å². The van der Waals surface area contributed by atoms with Crippen molar-refractivity contribution in [3.63, 3.8) is 0 Å². The highest BCUT2D eigenvalue weighted by molar-refractivity contribution is 6.02. The lowest BCUT2D eigenvalue weighted by Gasteiger charge is -2.30. The molecule has 0 unspecified atom stereocenters. The molecule has 1 heteroatoms. The Morgan fingerprint density at radius 1 is 0.390 bits per heavy atom. The fraction of sp³-hybridized carbons (Fsp3) is 0.0250. The van der Waals surface area contributed by atoms with E-state index in [2.05, 4.69) is 152 Å². The summed E-state index contributed by atoms with van der Waals surface area (Å²) in [5.74, 6) is 0. The van der Waals surface area contributed by atoms with Crippen LogP contribution in [0.5, 0.6) is 0 Å². The average molecular weight is 520 g/mol. The quantitative estimate of drug-likeness (QED) is 0.221. The van der Waals surface area contributed by atoms with Crippen molar-refractivity contribution in [2.75, 3.05) is 0 Å². The van der Waals surface area contributed by atoms with Gasteiger partial charge in [-0.15, -0.1) is 0 Å². The highest BCUT2D eigenvalue weighted by atomic mass is 14.7. The van der Waals surface area contributed by atoms with Crippen LogP contribution in [0.2, 0.25) is 0 Å². The molecule has 190 valence electrons. The van der Waals surface area contributed by atoms with E-state index in [1.165, 1.54) is 66.6 Å².